The average molecular weight is 356 g/mol. The van der Waals surface area contributed by atoms with Crippen molar-refractivity contribution in [3.63, 3.8) is 0 Å². The molecular weight excluding hydrogens is 333 g/mol. The van der Waals surface area contributed by atoms with Crippen molar-refractivity contribution < 1.29 is 9.18 Å². The maximum absolute atomic E-state index is 13.7. The molecule has 0 heterocycles. The van der Waals surface area contributed by atoms with E-state index < -0.39 is 0 Å². The fraction of sp³-hybridized carbons (Fsp3) is 0.588. The zero-order chi connectivity index (χ0) is 15.4. The highest BCUT2D eigenvalue weighted by molar-refractivity contribution is 9.10. The van der Waals surface area contributed by atoms with Crippen molar-refractivity contribution in [3.8, 4) is 0 Å². The molecule has 21 heavy (non-hydrogen) atoms. The van der Waals surface area contributed by atoms with Gasteiger partial charge in [-0.3, -0.25) is 4.79 Å². The molecule has 2 nitrogen and oxygen atoms in total. The van der Waals surface area contributed by atoms with E-state index >= 15 is 0 Å². The average Bonchev–Trinajstić information content (AvgIpc) is 2.95. The van der Waals surface area contributed by atoms with Crippen molar-refractivity contribution in [1.82, 2.24) is 4.90 Å². The summed E-state index contributed by atoms with van der Waals surface area (Å²) in [5.74, 6) is 0.147. The van der Waals surface area contributed by atoms with E-state index in [1.165, 1.54) is 18.9 Å². The van der Waals surface area contributed by atoms with Gasteiger partial charge in [0.25, 0.3) is 5.91 Å². The molecule has 0 aliphatic heterocycles. The molecule has 0 radical (unpaired) electrons. The smallest absolute Gasteiger partial charge is 0.254 e. The van der Waals surface area contributed by atoms with Gasteiger partial charge >= 0.3 is 0 Å². The molecule has 4 heteroatoms. The van der Waals surface area contributed by atoms with E-state index in [2.05, 4.69) is 29.8 Å². The van der Waals surface area contributed by atoms with Gasteiger partial charge in [-0.05, 0) is 59.3 Å². The fourth-order valence-corrected chi connectivity index (χ4v) is 3.10. The Hall–Kier alpha value is -0.900. The lowest BCUT2D eigenvalue weighted by Gasteiger charge is -2.30. The molecule has 0 atom stereocenters. The predicted molar refractivity (Wildman–Crippen MR) is 86.8 cm³/mol. The van der Waals surface area contributed by atoms with Crippen molar-refractivity contribution in [2.24, 2.45) is 5.92 Å². The summed E-state index contributed by atoms with van der Waals surface area (Å²) in [6.07, 6.45) is 5.50. The Morgan fingerprint density at radius 1 is 1.38 bits per heavy atom. The maximum Gasteiger partial charge on any atom is 0.254 e. The van der Waals surface area contributed by atoms with Gasteiger partial charge in [-0.1, -0.05) is 26.7 Å². The Balaban J connectivity index is 2.17. The third-order valence-electron chi connectivity index (χ3n) is 4.14. The van der Waals surface area contributed by atoms with Crippen molar-refractivity contribution in [2.45, 2.75) is 52.0 Å². The molecule has 1 saturated carbocycles. The molecule has 1 aliphatic carbocycles. The molecule has 0 N–H and O–H groups in total. The Morgan fingerprint density at radius 3 is 2.62 bits per heavy atom. The highest BCUT2D eigenvalue weighted by Gasteiger charge is 2.27. The number of hydrogen-bond acceptors (Lipinski definition) is 1. The lowest BCUT2D eigenvalue weighted by atomic mass is 10.1. The number of carbonyl (C=O) groups excluding carboxylic acids is 1. The number of benzene rings is 1. The molecule has 0 unspecified atom stereocenters. The van der Waals surface area contributed by atoms with E-state index in [-0.39, 0.29) is 11.7 Å². The van der Waals surface area contributed by atoms with Crippen LogP contribution < -0.4 is 0 Å². The van der Waals surface area contributed by atoms with E-state index in [1.807, 2.05) is 4.90 Å². The highest BCUT2D eigenvalue weighted by Crippen LogP contribution is 2.26. The van der Waals surface area contributed by atoms with Crippen LogP contribution in [0.4, 0.5) is 4.39 Å². The van der Waals surface area contributed by atoms with Crippen molar-refractivity contribution in [1.29, 1.82) is 0 Å². The Kier molecular flexibility index (Phi) is 5.80. The third kappa shape index (κ3) is 4.29. The Bertz CT molecular complexity index is 498. The first-order valence-corrected chi connectivity index (χ1v) is 8.54. The van der Waals surface area contributed by atoms with Gasteiger partial charge in [-0.25, -0.2) is 4.39 Å². The first kappa shape index (κ1) is 16.5. The van der Waals surface area contributed by atoms with Crippen LogP contribution >= 0.6 is 15.9 Å². The summed E-state index contributed by atoms with van der Waals surface area (Å²) in [5, 5.41) is 0. The number of halogens is 2. The summed E-state index contributed by atoms with van der Waals surface area (Å²) in [5.41, 5.74) is 0.450. The molecule has 1 aliphatic rings. The second kappa shape index (κ2) is 7.39. The quantitative estimate of drug-likeness (QED) is 0.726. The molecule has 0 bridgehead atoms. The van der Waals surface area contributed by atoms with Crippen LogP contribution in [0.3, 0.4) is 0 Å². The van der Waals surface area contributed by atoms with Gasteiger partial charge < -0.3 is 4.90 Å². The van der Waals surface area contributed by atoms with Crippen molar-refractivity contribution in [3.05, 3.63) is 34.1 Å². The molecule has 2 rings (SSSR count). The summed E-state index contributed by atoms with van der Waals surface area (Å²) >= 11 is 3.13. The van der Waals surface area contributed by atoms with Crippen LogP contribution in [0.1, 0.15) is 56.3 Å². The molecule has 116 valence electrons. The monoisotopic (exact) mass is 355 g/mol. The zero-order valence-corrected chi connectivity index (χ0v) is 14.3. The third-order valence-corrected chi connectivity index (χ3v) is 4.78. The van der Waals surface area contributed by atoms with Gasteiger partial charge in [0.05, 0.1) is 4.47 Å². The Labute approximate surface area is 134 Å². The minimum atomic E-state index is -0.379. The number of amides is 1. The number of nitrogens with zero attached hydrogens (tertiary/aromatic N) is 1. The van der Waals surface area contributed by atoms with Crippen LogP contribution in [-0.4, -0.2) is 23.4 Å². The zero-order valence-electron chi connectivity index (χ0n) is 12.7. The van der Waals surface area contributed by atoms with Crippen LogP contribution in [0.2, 0.25) is 0 Å². The first-order valence-electron chi connectivity index (χ1n) is 7.75. The van der Waals surface area contributed by atoms with Crippen LogP contribution in [0, 0.1) is 11.7 Å². The summed E-state index contributed by atoms with van der Waals surface area (Å²) in [4.78, 5) is 14.7. The van der Waals surface area contributed by atoms with Crippen LogP contribution in [0.15, 0.2) is 22.7 Å². The predicted octanol–water partition coefficient (Wildman–Crippen LogP) is 5.02. The van der Waals surface area contributed by atoms with Gasteiger partial charge in [0.2, 0.25) is 0 Å². The van der Waals surface area contributed by atoms with Crippen LogP contribution in [0.5, 0.6) is 0 Å². The van der Waals surface area contributed by atoms with E-state index in [0.717, 1.165) is 25.8 Å². The number of rotatable bonds is 5. The van der Waals surface area contributed by atoms with Gasteiger partial charge in [-0.15, -0.1) is 0 Å². The molecule has 0 saturated heterocycles. The van der Waals surface area contributed by atoms with Gasteiger partial charge in [0, 0.05) is 18.2 Å². The molecular formula is C17H23BrFNO. The van der Waals surface area contributed by atoms with Crippen molar-refractivity contribution >= 4 is 21.8 Å². The summed E-state index contributed by atoms with van der Waals surface area (Å²) < 4.78 is 14.1. The first-order chi connectivity index (χ1) is 9.99. The molecule has 1 amide bonds. The maximum atomic E-state index is 13.7. The van der Waals surface area contributed by atoms with Gasteiger partial charge in [-0.2, -0.15) is 0 Å². The molecule has 0 aromatic heterocycles. The van der Waals surface area contributed by atoms with Crippen LogP contribution in [0.25, 0.3) is 0 Å². The fourth-order valence-electron chi connectivity index (χ4n) is 2.86. The van der Waals surface area contributed by atoms with Crippen molar-refractivity contribution in [2.75, 3.05) is 6.54 Å². The lowest BCUT2D eigenvalue weighted by molar-refractivity contribution is 0.0671. The molecule has 0 spiro atoms. The number of hydrogen-bond donors (Lipinski definition) is 0. The molecule has 1 fully saturated rings. The van der Waals surface area contributed by atoms with E-state index in [9.17, 15) is 9.18 Å². The standard InChI is InChI=1S/C17H23BrFNO/c1-12(2)9-10-20(14-5-3-4-6-14)17(21)13-7-8-15(18)16(19)11-13/h7-8,11-12,14H,3-6,9-10H2,1-2H3. The lowest BCUT2D eigenvalue weighted by Crippen LogP contribution is -2.40. The summed E-state index contributed by atoms with van der Waals surface area (Å²) in [6.45, 7) is 5.09. The number of carbonyl (C=O) groups is 1. The molecule has 1 aromatic rings. The summed E-state index contributed by atoms with van der Waals surface area (Å²) in [6, 6.07) is 4.97. The summed E-state index contributed by atoms with van der Waals surface area (Å²) in [7, 11) is 0. The van der Waals surface area contributed by atoms with Gasteiger partial charge in [0.1, 0.15) is 5.82 Å². The second-order valence-corrected chi connectivity index (χ2v) is 7.10. The highest BCUT2D eigenvalue weighted by atomic mass is 79.9. The topological polar surface area (TPSA) is 20.3 Å². The van der Waals surface area contributed by atoms with E-state index in [0.29, 0.717) is 22.0 Å². The minimum Gasteiger partial charge on any atom is -0.336 e. The molecule has 1 aromatic carbocycles. The van der Waals surface area contributed by atoms with Gasteiger partial charge in [0.15, 0.2) is 0 Å². The van der Waals surface area contributed by atoms with Crippen LogP contribution in [-0.2, 0) is 0 Å². The van der Waals surface area contributed by atoms with E-state index in [4.69, 9.17) is 0 Å². The minimum absolute atomic E-state index is 0.0334. The second-order valence-electron chi connectivity index (χ2n) is 6.25. The Morgan fingerprint density at radius 2 is 2.05 bits per heavy atom. The normalized spacial score (nSPS) is 15.7. The SMILES string of the molecule is CC(C)CCN(C(=O)c1ccc(Br)c(F)c1)C1CCCC1. The van der Waals surface area contributed by atoms with E-state index in [1.54, 1.807) is 12.1 Å². The largest absolute Gasteiger partial charge is 0.336 e.